The number of nitrogens with two attached hydrogens (primary N) is 1. The van der Waals surface area contributed by atoms with Crippen LogP contribution in [0.2, 0.25) is 0 Å². The van der Waals surface area contributed by atoms with Crippen LogP contribution in [0.25, 0.3) is 0 Å². The number of carboxylic acids is 1. The first-order valence-electron chi connectivity index (χ1n) is 8.47. The molecular weight excluding hydrogens is 292 g/mol. The Bertz CT molecular complexity index is 578. The molecule has 124 valence electrons. The third kappa shape index (κ3) is 3.19. The lowest BCUT2D eigenvalue weighted by atomic mass is 9.76. The first-order chi connectivity index (χ1) is 11.1. The van der Waals surface area contributed by atoms with E-state index in [1.165, 1.54) is 32.1 Å². The first kappa shape index (κ1) is 15.8. The summed E-state index contributed by atoms with van der Waals surface area (Å²) in [7, 11) is 0. The number of aromatic carboxylic acids is 1. The van der Waals surface area contributed by atoms with Gasteiger partial charge in [0.05, 0.1) is 5.56 Å². The first-order valence-corrected chi connectivity index (χ1v) is 8.47. The molecule has 1 aromatic carbocycles. The van der Waals surface area contributed by atoms with Gasteiger partial charge in [0.1, 0.15) is 6.04 Å². The summed E-state index contributed by atoms with van der Waals surface area (Å²) in [6, 6.07) is 6.47. The lowest BCUT2D eigenvalue weighted by Crippen LogP contribution is -2.46. The van der Waals surface area contributed by atoms with Gasteiger partial charge in [-0.05, 0) is 42.5 Å². The summed E-state index contributed by atoms with van der Waals surface area (Å²) in [5.41, 5.74) is 6.87. The van der Waals surface area contributed by atoms with Crippen LogP contribution in [0.1, 0.15) is 48.9 Å². The second-order valence-corrected chi connectivity index (χ2v) is 6.74. The normalized spacial score (nSPS) is 25.5. The van der Waals surface area contributed by atoms with E-state index < -0.39 is 5.97 Å². The van der Waals surface area contributed by atoms with Crippen LogP contribution in [0.4, 0.5) is 5.69 Å². The molecule has 0 spiro atoms. The van der Waals surface area contributed by atoms with E-state index in [4.69, 9.17) is 10.8 Å². The van der Waals surface area contributed by atoms with E-state index in [2.05, 4.69) is 4.90 Å². The number of carboxylic acid groups (broad SMARTS) is 1. The summed E-state index contributed by atoms with van der Waals surface area (Å²) in [5.74, 6) is -0.290. The number of primary amides is 1. The van der Waals surface area contributed by atoms with Gasteiger partial charge in [-0.25, -0.2) is 4.79 Å². The van der Waals surface area contributed by atoms with Crippen molar-refractivity contribution >= 4 is 17.6 Å². The fraction of sp³-hybridized carbons (Fsp3) is 0.556. The number of anilines is 1. The average Bonchev–Trinajstić information content (AvgIpc) is 3.01. The second kappa shape index (κ2) is 6.60. The van der Waals surface area contributed by atoms with Gasteiger partial charge in [0.25, 0.3) is 0 Å². The van der Waals surface area contributed by atoms with E-state index in [9.17, 15) is 9.59 Å². The maximum Gasteiger partial charge on any atom is 0.335 e. The van der Waals surface area contributed by atoms with Crippen LogP contribution in [0.15, 0.2) is 24.3 Å². The van der Waals surface area contributed by atoms with E-state index in [1.807, 2.05) is 0 Å². The molecule has 0 bridgehead atoms. The van der Waals surface area contributed by atoms with E-state index >= 15 is 0 Å². The molecule has 5 heteroatoms. The standard InChI is InChI=1S/C18H24N2O3/c19-17(21)16-15(12-4-2-1-3-5-12)10-11-20(16)14-8-6-13(7-9-14)18(22)23/h6-9,12,15-16H,1-5,10-11H2,(H2,19,21)(H,22,23). The Hall–Kier alpha value is -2.04. The minimum absolute atomic E-state index is 0.257. The zero-order chi connectivity index (χ0) is 16.4. The highest BCUT2D eigenvalue weighted by Gasteiger charge is 2.42. The molecule has 1 aliphatic carbocycles. The van der Waals surface area contributed by atoms with Crippen LogP contribution in [0, 0.1) is 11.8 Å². The molecule has 2 fully saturated rings. The van der Waals surface area contributed by atoms with Crippen molar-refractivity contribution in [2.45, 2.75) is 44.6 Å². The molecule has 3 rings (SSSR count). The third-order valence-corrected chi connectivity index (χ3v) is 5.44. The summed E-state index contributed by atoms with van der Waals surface area (Å²) in [6.45, 7) is 0.807. The minimum Gasteiger partial charge on any atom is -0.478 e. The maximum absolute atomic E-state index is 12.1. The molecule has 1 aromatic rings. The van der Waals surface area contributed by atoms with Crippen LogP contribution >= 0.6 is 0 Å². The van der Waals surface area contributed by atoms with Crippen LogP contribution in [0.5, 0.6) is 0 Å². The summed E-state index contributed by atoms with van der Waals surface area (Å²) >= 11 is 0. The summed E-state index contributed by atoms with van der Waals surface area (Å²) in [5, 5.41) is 9.01. The summed E-state index contributed by atoms with van der Waals surface area (Å²) in [4.78, 5) is 25.1. The SMILES string of the molecule is NC(=O)C1C(C2CCCCC2)CCN1c1ccc(C(=O)O)cc1. The van der Waals surface area contributed by atoms with Gasteiger partial charge < -0.3 is 15.7 Å². The van der Waals surface area contributed by atoms with Crippen molar-refractivity contribution in [3.8, 4) is 0 Å². The van der Waals surface area contributed by atoms with Gasteiger partial charge in [-0.3, -0.25) is 4.79 Å². The van der Waals surface area contributed by atoms with Gasteiger partial charge in [0, 0.05) is 12.2 Å². The molecule has 1 aliphatic heterocycles. The van der Waals surface area contributed by atoms with Gasteiger partial charge in [-0.1, -0.05) is 32.1 Å². The number of carbonyl (C=O) groups is 2. The Morgan fingerprint density at radius 2 is 1.70 bits per heavy atom. The average molecular weight is 316 g/mol. The van der Waals surface area contributed by atoms with Crippen molar-refractivity contribution in [1.29, 1.82) is 0 Å². The van der Waals surface area contributed by atoms with Crippen molar-refractivity contribution in [3.05, 3.63) is 29.8 Å². The van der Waals surface area contributed by atoms with Crippen molar-refractivity contribution in [2.24, 2.45) is 17.6 Å². The van der Waals surface area contributed by atoms with Crippen molar-refractivity contribution < 1.29 is 14.7 Å². The van der Waals surface area contributed by atoms with E-state index in [1.54, 1.807) is 24.3 Å². The predicted octanol–water partition coefficient (Wildman–Crippen LogP) is 2.65. The Kier molecular flexibility index (Phi) is 4.55. The van der Waals surface area contributed by atoms with Crippen molar-refractivity contribution in [1.82, 2.24) is 0 Å². The van der Waals surface area contributed by atoms with Crippen LogP contribution in [-0.2, 0) is 4.79 Å². The number of hydrogen-bond donors (Lipinski definition) is 2. The zero-order valence-electron chi connectivity index (χ0n) is 13.3. The van der Waals surface area contributed by atoms with E-state index in [0.717, 1.165) is 18.7 Å². The Balaban J connectivity index is 1.81. The quantitative estimate of drug-likeness (QED) is 0.894. The topological polar surface area (TPSA) is 83.6 Å². The number of benzene rings is 1. The van der Waals surface area contributed by atoms with Crippen LogP contribution in [0.3, 0.4) is 0 Å². The molecule has 0 radical (unpaired) electrons. The fourth-order valence-corrected chi connectivity index (χ4v) is 4.32. The highest BCUT2D eigenvalue weighted by atomic mass is 16.4. The van der Waals surface area contributed by atoms with Crippen molar-refractivity contribution in [3.63, 3.8) is 0 Å². The van der Waals surface area contributed by atoms with Gasteiger partial charge in [0.2, 0.25) is 5.91 Å². The predicted molar refractivity (Wildman–Crippen MR) is 88.4 cm³/mol. The molecule has 1 amide bonds. The zero-order valence-corrected chi connectivity index (χ0v) is 13.3. The molecule has 5 nitrogen and oxygen atoms in total. The fourth-order valence-electron chi connectivity index (χ4n) is 4.32. The van der Waals surface area contributed by atoms with E-state index in [-0.39, 0.29) is 17.5 Å². The minimum atomic E-state index is -0.940. The maximum atomic E-state index is 12.1. The molecule has 2 unspecified atom stereocenters. The number of nitrogens with zero attached hydrogens (tertiary/aromatic N) is 1. The number of rotatable bonds is 4. The molecule has 0 aromatic heterocycles. The lowest BCUT2D eigenvalue weighted by Gasteiger charge is -2.33. The molecule has 23 heavy (non-hydrogen) atoms. The lowest BCUT2D eigenvalue weighted by molar-refractivity contribution is -0.120. The molecule has 1 heterocycles. The van der Waals surface area contributed by atoms with Gasteiger partial charge in [-0.15, -0.1) is 0 Å². The number of carbonyl (C=O) groups excluding carboxylic acids is 1. The smallest absolute Gasteiger partial charge is 0.335 e. The number of hydrogen-bond acceptors (Lipinski definition) is 3. The van der Waals surface area contributed by atoms with Gasteiger partial charge in [0.15, 0.2) is 0 Å². The Morgan fingerprint density at radius 1 is 1.04 bits per heavy atom. The highest BCUT2D eigenvalue weighted by molar-refractivity contribution is 5.88. The molecule has 1 saturated carbocycles. The third-order valence-electron chi connectivity index (χ3n) is 5.44. The molecule has 2 atom stereocenters. The van der Waals surface area contributed by atoms with Gasteiger partial charge >= 0.3 is 5.97 Å². The number of amides is 1. The van der Waals surface area contributed by atoms with Crippen molar-refractivity contribution in [2.75, 3.05) is 11.4 Å². The monoisotopic (exact) mass is 316 g/mol. The molecule has 1 saturated heterocycles. The molecule has 3 N–H and O–H groups in total. The van der Waals surface area contributed by atoms with Crippen LogP contribution in [-0.4, -0.2) is 29.6 Å². The molecule has 2 aliphatic rings. The Morgan fingerprint density at radius 3 is 2.26 bits per heavy atom. The Labute approximate surface area is 136 Å². The van der Waals surface area contributed by atoms with Gasteiger partial charge in [-0.2, -0.15) is 0 Å². The largest absolute Gasteiger partial charge is 0.478 e. The van der Waals surface area contributed by atoms with E-state index in [0.29, 0.717) is 11.8 Å². The summed E-state index contributed by atoms with van der Waals surface area (Å²) in [6.07, 6.45) is 7.17. The highest BCUT2D eigenvalue weighted by Crippen LogP contribution is 2.40. The second-order valence-electron chi connectivity index (χ2n) is 6.74. The summed E-state index contributed by atoms with van der Waals surface area (Å²) < 4.78 is 0. The van der Waals surface area contributed by atoms with Crippen LogP contribution < -0.4 is 10.6 Å². The molecular formula is C18H24N2O3.